The van der Waals surface area contributed by atoms with Crippen molar-refractivity contribution >= 4 is 16.7 Å². The summed E-state index contributed by atoms with van der Waals surface area (Å²) in [6, 6.07) is 4.37. The van der Waals surface area contributed by atoms with Gasteiger partial charge in [-0.2, -0.15) is 5.10 Å². The number of nitrogens with one attached hydrogen (secondary N) is 2. The molecule has 2 N–H and O–H groups in total. The van der Waals surface area contributed by atoms with Gasteiger partial charge < -0.3 is 5.32 Å². The third-order valence-electron chi connectivity index (χ3n) is 3.35. The van der Waals surface area contributed by atoms with Crippen LogP contribution in [-0.2, 0) is 6.54 Å². The summed E-state index contributed by atoms with van der Waals surface area (Å²) in [7, 11) is 0. The minimum Gasteiger partial charge on any atom is -0.362 e. The van der Waals surface area contributed by atoms with Crippen molar-refractivity contribution in [1.29, 1.82) is 0 Å². The molecule has 0 fully saturated rings. The second-order valence-corrected chi connectivity index (χ2v) is 4.93. The van der Waals surface area contributed by atoms with Gasteiger partial charge in [0.15, 0.2) is 0 Å². The van der Waals surface area contributed by atoms with E-state index in [0.29, 0.717) is 35.2 Å². The topological polar surface area (TPSA) is 105 Å². The third kappa shape index (κ3) is 2.74. The molecule has 4 rings (SSSR count). The first kappa shape index (κ1) is 14.1. The van der Waals surface area contributed by atoms with Crippen LogP contribution in [0, 0.1) is 5.82 Å². The summed E-state index contributed by atoms with van der Waals surface area (Å²) in [6.45, 7) is 0.372. The van der Waals surface area contributed by atoms with Crippen LogP contribution < -0.4 is 5.32 Å². The van der Waals surface area contributed by atoms with E-state index in [0.717, 1.165) is 5.39 Å². The third-order valence-corrected chi connectivity index (χ3v) is 3.35. The van der Waals surface area contributed by atoms with Crippen LogP contribution in [0.3, 0.4) is 0 Å². The maximum Gasteiger partial charge on any atom is 0.201 e. The first-order valence-corrected chi connectivity index (χ1v) is 7.11. The maximum atomic E-state index is 13.3. The highest BCUT2D eigenvalue weighted by Crippen LogP contribution is 2.20. The second kappa shape index (κ2) is 5.95. The normalized spacial score (nSPS) is 10.9. The van der Waals surface area contributed by atoms with Gasteiger partial charge in [-0.25, -0.2) is 24.3 Å². The molecule has 0 saturated carbocycles. The van der Waals surface area contributed by atoms with E-state index in [1.165, 1.54) is 18.5 Å². The van der Waals surface area contributed by atoms with E-state index in [4.69, 9.17) is 0 Å². The largest absolute Gasteiger partial charge is 0.362 e. The molecule has 24 heavy (non-hydrogen) atoms. The summed E-state index contributed by atoms with van der Waals surface area (Å²) in [4.78, 5) is 20.7. The fourth-order valence-electron chi connectivity index (χ4n) is 2.24. The summed E-state index contributed by atoms with van der Waals surface area (Å²) >= 11 is 0. The Balaban J connectivity index is 1.55. The summed E-state index contributed by atoms with van der Waals surface area (Å²) in [5.41, 5.74) is 1.12. The van der Waals surface area contributed by atoms with Gasteiger partial charge in [-0.15, -0.1) is 0 Å². The number of hydrogen-bond donors (Lipinski definition) is 2. The summed E-state index contributed by atoms with van der Waals surface area (Å²) in [5.74, 6) is 1.34. The molecule has 0 saturated heterocycles. The molecular weight excluding hydrogens is 311 g/mol. The van der Waals surface area contributed by atoms with Gasteiger partial charge in [-0.3, -0.25) is 10.1 Å². The lowest BCUT2D eigenvalue weighted by atomic mass is 10.2. The van der Waals surface area contributed by atoms with Crippen LogP contribution in [0.4, 0.5) is 10.2 Å². The Kier molecular flexibility index (Phi) is 3.50. The van der Waals surface area contributed by atoms with Crippen molar-refractivity contribution in [3.8, 4) is 11.5 Å². The number of halogens is 1. The molecule has 0 unspecified atom stereocenters. The standard InChI is InChI=1S/C15H11FN8/c16-9-1-2-10-11(5-9)20-8-21-14(10)19-7-13-22-15(24-23-13)12-6-17-3-4-18-12/h1-6,8H,7H2,(H,19,20,21)(H,22,23,24). The van der Waals surface area contributed by atoms with Gasteiger partial charge in [0, 0.05) is 23.8 Å². The summed E-state index contributed by atoms with van der Waals surface area (Å²) < 4.78 is 13.3. The molecule has 4 aromatic rings. The molecule has 9 heteroatoms. The van der Waals surface area contributed by atoms with Crippen molar-refractivity contribution in [2.45, 2.75) is 6.54 Å². The molecule has 0 amide bonds. The Morgan fingerprint density at radius 3 is 2.96 bits per heavy atom. The zero-order valence-electron chi connectivity index (χ0n) is 12.3. The average molecular weight is 322 g/mol. The fraction of sp³-hybridized carbons (Fsp3) is 0.0667. The van der Waals surface area contributed by atoms with Crippen LogP contribution in [-0.4, -0.2) is 35.1 Å². The molecule has 0 aliphatic heterocycles. The number of nitrogens with zero attached hydrogens (tertiary/aromatic N) is 6. The minimum atomic E-state index is -0.337. The van der Waals surface area contributed by atoms with Crippen LogP contribution in [0.2, 0.25) is 0 Å². The van der Waals surface area contributed by atoms with E-state index in [1.807, 2.05) is 0 Å². The molecule has 3 aromatic heterocycles. The average Bonchev–Trinajstić information content (AvgIpc) is 3.09. The molecule has 0 aliphatic rings. The van der Waals surface area contributed by atoms with Crippen LogP contribution in [0.1, 0.15) is 5.82 Å². The molecule has 0 bridgehead atoms. The van der Waals surface area contributed by atoms with Gasteiger partial charge in [0.25, 0.3) is 0 Å². The van der Waals surface area contributed by atoms with Crippen molar-refractivity contribution in [2.75, 3.05) is 5.32 Å². The highest BCUT2D eigenvalue weighted by atomic mass is 19.1. The second-order valence-electron chi connectivity index (χ2n) is 4.93. The van der Waals surface area contributed by atoms with Gasteiger partial charge in [0.2, 0.25) is 5.82 Å². The number of benzene rings is 1. The van der Waals surface area contributed by atoms with Crippen LogP contribution in [0.5, 0.6) is 0 Å². The van der Waals surface area contributed by atoms with Gasteiger partial charge in [-0.1, -0.05) is 0 Å². The lowest BCUT2D eigenvalue weighted by Gasteiger charge is -2.06. The lowest BCUT2D eigenvalue weighted by Crippen LogP contribution is -2.04. The SMILES string of the molecule is Fc1ccc2c(NCc3nc(-c4cnccn4)n[nH]3)ncnc2c1. The maximum absolute atomic E-state index is 13.3. The first-order chi connectivity index (χ1) is 11.8. The molecule has 0 atom stereocenters. The number of fused-ring (bicyclic) bond motifs is 1. The molecular formula is C15H11FN8. The van der Waals surface area contributed by atoms with Crippen molar-refractivity contribution in [2.24, 2.45) is 0 Å². The summed E-state index contributed by atoms with van der Waals surface area (Å²) in [6.07, 6.45) is 6.14. The van der Waals surface area contributed by atoms with Gasteiger partial charge >= 0.3 is 0 Å². The Labute approximate surface area is 135 Å². The molecule has 8 nitrogen and oxygen atoms in total. The van der Waals surface area contributed by atoms with Gasteiger partial charge in [0.05, 0.1) is 18.3 Å². The molecule has 3 heterocycles. The van der Waals surface area contributed by atoms with E-state index >= 15 is 0 Å². The first-order valence-electron chi connectivity index (χ1n) is 7.11. The number of anilines is 1. The fourth-order valence-corrected chi connectivity index (χ4v) is 2.24. The van der Waals surface area contributed by atoms with Gasteiger partial charge in [0.1, 0.15) is 29.5 Å². The van der Waals surface area contributed by atoms with E-state index in [9.17, 15) is 4.39 Å². The Morgan fingerprint density at radius 1 is 1.12 bits per heavy atom. The molecule has 0 spiro atoms. The minimum absolute atomic E-state index is 0.337. The molecule has 1 aromatic carbocycles. The van der Waals surface area contributed by atoms with E-state index in [1.54, 1.807) is 24.7 Å². The highest BCUT2D eigenvalue weighted by Gasteiger charge is 2.09. The summed E-state index contributed by atoms with van der Waals surface area (Å²) in [5, 5.41) is 10.8. The van der Waals surface area contributed by atoms with Crippen LogP contribution in [0.25, 0.3) is 22.4 Å². The van der Waals surface area contributed by atoms with Crippen molar-refractivity contribution in [3.63, 3.8) is 0 Å². The highest BCUT2D eigenvalue weighted by molar-refractivity contribution is 5.88. The Hall–Kier alpha value is -3.49. The monoisotopic (exact) mass is 322 g/mol. The zero-order valence-corrected chi connectivity index (χ0v) is 12.3. The Bertz CT molecular complexity index is 985. The van der Waals surface area contributed by atoms with Crippen molar-refractivity contribution < 1.29 is 4.39 Å². The number of hydrogen-bond acceptors (Lipinski definition) is 7. The van der Waals surface area contributed by atoms with Crippen molar-refractivity contribution in [3.05, 3.63) is 54.8 Å². The zero-order chi connectivity index (χ0) is 16.4. The van der Waals surface area contributed by atoms with Crippen LogP contribution in [0.15, 0.2) is 43.1 Å². The van der Waals surface area contributed by atoms with Gasteiger partial charge in [-0.05, 0) is 12.1 Å². The van der Waals surface area contributed by atoms with E-state index in [-0.39, 0.29) is 5.82 Å². The molecule has 0 radical (unpaired) electrons. The smallest absolute Gasteiger partial charge is 0.201 e. The predicted molar refractivity (Wildman–Crippen MR) is 84.2 cm³/mol. The number of H-pyrrole nitrogens is 1. The quantitative estimate of drug-likeness (QED) is 0.591. The number of aromatic amines is 1. The Morgan fingerprint density at radius 2 is 2.08 bits per heavy atom. The molecule has 0 aliphatic carbocycles. The number of rotatable bonds is 4. The predicted octanol–water partition coefficient (Wildman–Crippen LogP) is 1.96. The lowest BCUT2D eigenvalue weighted by molar-refractivity contribution is 0.629. The van der Waals surface area contributed by atoms with E-state index in [2.05, 4.69) is 40.4 Å². The molecule has 118 valence electrons. The van der Waals surface area contributed by atoms with E-state index < -0.39 is 0 Å². The van der Waals surface area contributed by atoms with Crippen LogP contribution >= 0.6 is 0 Å². The number of aromatic nitrogens is 7. The van der Waals surface area contributed by atoms with Crippen molar-refractivity contribution in [1.82, 2.24) is 35.1 Å².